The summed E-state index contributed by atoms with van der Waals surface area (Å²) >= 11 is 0. The van der Waals surface area contributed by atoms with Crippen LogP contribution in [0.15, 0.2) is 12.4 Å². The Morgan fingerprint density at radius 1 is 0.500 bits per heavy atom. The SMILES string of the molecule is CCCCCCCCCCCCCc1n(CCCCCCCCCCCCC)cc[n+]1CCC. The summed E-state index contributed by atoms with van der Waals surface area (Å²) in [4.78, 5) is 0. The second-order valence-corrected chi connectivity index (χ2v) is 10.9. The van der Waals surface area contributed by atoms with Crippen molar-refractivity contribution in [3.63, 3.8) is 0 Å². The van der Waals surface area contributed by atoms with Gasteiger partial charge in [0.15, 0.2) is 0 Å². The number of imidazole rings is 1. The highest BCUT2D eigenvalue weighted by Crippen LogP contribution is 2.14. The van der Waals surface area contributed by atoms with Gasteiger partial charge in [0.05, 0.1) is 13.1 Å². The van der Waals surface area contributed by atoms with Crippen molar-refractivity contribution >= 4 is 0 Å². The van der Waals surface area contributed by atoms with E-state index in [1.807, 2.05) is 0 Å². The van der Waals surface area contributed by atoms with Crippen molar-refractivity contribution in [1.82, 2.24) is 4.57 Å². The number of rotatable bonds is 26. The maximum atomic E-state index is 2.58. The van der Waals surface area contributed by atoms with Crippen molar-refractivity contribution < 1.29 is 4.57 Å². The summed E-state index contributed by atoms with van der Waals surface area (Å²) in [6.07, 6.45) is 38.6. The standard InChI is InChI=1S/C32H63N2/c1-4-7-9-11-13-15-17-19-21-23-25-27-32-33(28-6-3)30-31-34(32)29-26-24-22-20-18-16-14-12-10-8-5-2/h30-31H,4-29H2,1-3H3/q+1. The molecule has 2 nitrogen and oxygen atoms in total. The molecule has 1 aromatic rings. The third-order valence-corrected chi connectivity index (χ3v) is 7.56. The molecule has 0 aromatic carbocycles. The minimum absolute atomic E-state index is 1.18. The van der Waals surface area contributed by atoms with E-state index in [-0.39, 0.29) is 0 Å². The van der Waals surface area contributed by atoms with Gasteiger partial charge in [0, 0.05) is 6.42 Å². The topological polar surface area (TPSA) is 8.81 Å². The van der Waals surface area contributed by atoms with Crippen LogP contribution in [0.2, 0.25) is 0 Å². The average Bonchev–Trinajstić information content (AvgIpc) is 3.22. The summed E-state index contributed by atoms with van der Waals surface area (Å²) in [6.45, 7) is 9.32. The number of aryl methyl sites for hydroxylation is 2. The quantitative estimate of drug-likeness (QED) is 0.0930. The molecule has 0 fully saturated rings. The molecule has 1 rings (SSSR count). The van der Waals surface area contributed by atoms with E-state index in [1.54, 1.807) is 5.82 Å². The van der Waals surface area contributed by atoms with Crippen molar-refractivity contribution in [3.05, 3.63) is 18.2 Å². The van der Waals surface area contributed by atoms with Gasteiger partial charge in [-0.05, 0) is 25.7 Å². The molecule has 0 bridgehead atoms. The first-order chi connectivity index (χ1) is 16.8. The molecule has 1 heterocycles. The lowest BCUT2D eigenvalue weighted by atomic mass is 10.1. The van der Waals surface area contributed by atoms with Crippen LogP contribution in [0.1, 0.15) is 174 Å². The van der Waals surface area contributed by atoms with Crippen LogP contribution in [0, 0.1) is 0 Å². The van der Waals surface area contributed by atoms with Crippen LogP contribution in [0.3, 0.4) is 0 Å². The minimum Gasteiger partial charge on any atom is -0.234 e. The van der Waals surface area contributed by atoms with Gasteiger partial charge in [-0.3, -0.25) is 0 Å². The molecule has 0 aliphatic heterocycles. The molecule has 0 amide bonds. The number of hydrogen-bond acceptors (Lipinski definition) is 0. The summed E-state index contributed by atoms with van der Waals surface area (Å²) in [7, 11) is 0. The van der Waals surface area contributed by atoms with Gasteiger partial charge >= 0.3 is 0 Å². The Hall–Kier alpha value is -0.790. The van der Waals surface area contributed by atoms with E-state index in [2.05, 4.69) is 42.3 Å². The monoisotopic (exact) mass is 475 g/mol. The summed E-state index contributed by atoms with van der Waals surface area (Å²) in [5.41, 5.74) is 0. The van der Waals surface area contributed by atoms with Gasteiger partial charge in [0.1, 0.15) is 12.4 Å². The molecule has 1 aromatic heterocycles. The van der Waals surface area contributed by atoms with Gasteiger partial charge in [0.25, 0.3) is 5.82 Å². The van der Waals surface area contributed by atoms with Crippen molar-refractivity contribution in [2.75, 3.05) is 0 Å². The fraction of sp³-hybridized carbons (Fsp3) is 0.906. The van der Waals surface area contributed by atoms with E-state index < -0.39 is 0 Å². The highest BCUT2D eigenvalue weighted by atomic mass is 15.1. The smallest absolute Gasteiger partial charge is 0.234 e. The van der Waals surface area contributed by atoms with Gasteiger partial charge < -0.3 is 0 Å². The second kappa shape index (κ2) is 23.9. The predicted octanol–water partition coefficient (Wildman–Crippen LogP) is 10.4. The Labute approximate surface area is 215 Å². The first-order valence-corrected chi connectivity index (χ1v) is 15.9. The van der Waals surface area contributed by atoms with Crippen LogP contribution in [-0.4, -0.2) is 4.57 Å². The van der Waals surface area contributed by atoms with E-state index in [4.69, 9.17) is 0 Å². The molecule has 0 aliphatic rings. The second-order valence-electron chi connectivity index (χ2n) is 10.9. The normalized spacial score (nSPS) is 11.5. The van der Waals surface area contributed by atoms with Gasteiger partial charge in [0.2, 0.25) is 0 Å². The van der Waals surface area contributed by atoms with Crippen LogP contribution >= 0.6 is 0 Å². The van der Waals surface area contributed by atoms with E-state index in [0.717, 1.165) is 0 Å². The molecule has 0 saturated heterocycles. The summed E-state index contributed by atoms with van der Waals surface area (Å²) in [5, 5.41) is 0. The number of unbranched alkanes of at least 4 members (excludes halogenated alkanes) is 20. The van der Waals surface area contributed by atoms with E-state index in [9.17, 15) is 0 Å². The molecule has 2 heteroatoms. The highest BCUT2D eigenvalue weighted by molar-refractivity contribution is 4.84. The Morgan fingerprint density at radius 2 is 0.912 bits per heavy atom. The van der Waals surface area contributed by atoms with Crippen molar-refractivity contribution in [2.24, 2.45) is 0 Å². The minimum atomic E-state index is 1.18. The number of hydrogen-bond donors (Lipinski definition) is 0. The predicted molar refractivity (Wildman–Crippen MR) is 152 cm³/mol. The van der Waals surface area contributed by atoms with E-state index in [1.165, 1.54) is 167 Å². The Kier molecular flexibility index (Phi) is 22.0. The van der Waals surface area contributed by atoms with Crippen LogP contribution < -0.4 is 4.57 Å². The zero-order valence-electron chi connectivity index (χ0n) is 23.9. The maximum absolute atomic E-state index is 2.58. The highest BCUT2D eigenvalue weighted by Gasteiger charge is 2.15. The lowest BCUT2D eigenvalue weighted by Crippen LogP contribution is -2.37. The molecule has 0 atom stereocenters. The summed E-state index contributed by atoms with van der Waals surface area (Å²) < 4.78 is 5.12. The Morgan fingerprint density at radius 3 is 1.35 bits per heavy atom. The van der Waals surface area contributed by atoms with Crippen molar-refractivity contribution in [1.29, 1.82) is 0 Å². The van der Waals surface area contributed by atoms with Crippen molar-refractivity contribution in [3.8, 4) is 0 Å². The van der Waals surface area contributed by atoms with Crippen LogP contribution in [0.25, 0.3) is 0 Å². The van der Waals surface area contributed by atoms with Crippen LogP contribution in [0.4, 0.5) is 0 Å². The van der Waals surface area contributed by atoms with Gasteiger partial charge in [-0.25, -0.2) is 9.13 Å². The number of aromatic nitrogens is 2. The third kappa shape index (κ3) is 16.8. The molecule has 0 aliphatic carbocycles. The molecule has 200 valence electrons. The Balaban J connectivity index is 2.13. The lowest BCUT2D eigenvalue weighted by Gasteiger charge is -2.06. The zero-order valence-corrected chi connectivity index (χ0v) is 23.9. The fourth-order valence-electron chi connectivity index (χ4n) is 5.33. The van der Waals surface area contributed by atoms with Crippen LogP contribution in [-0.2, 0) is 19.5 Å². The Bertz CT molecular complexity index is 533. The van der Waals surface area contributed by atoms with Gasteiger partial charge in [-0.15, -0.1) is 0 Å². The molecule has 0 unspecified atom stereocenters. The molecule has 0 saturated carbocycles. The van der Waals surface area contributed by atoms with Crippen molar-refractivity contribution in [2.45, 2.75) is 188 Å². The summed E-state index contributed by atoms with van der Waals surface area (Å²) in [5.74, 6) is 1.59. The first-order valence-electron chi connectivity index (χ1n) is 15.9. The van der Waals surface area contributed by atoms with Crippen LogP contribution in [0.5, 0.6) is 0 Å². The molecule has 34 heavy (non-hydrogen) atoms. The molecular weight excluding hydrogens is 412 g/mol. The largest absolute Gasteiger partial charge is 0.256 e. The van der Waals surface area contributed by atoms with E-state index >= 15 is 0 Å². The average molecular weight is 476 g/mol. The first kappa shape index (κ1) is 31.2. The fourth-order valence-corrected chi connectivity index (χ4v) is 5.33. The zero-order chi connectivity index (χ0) is 24.5. The maximum Gasteiger partial charge on any atom is 0.256 e. The van der Waals surface area contributed by atoms with E-state index in [0.29, 0.717) is 0 Å². The summed E-state index contributed by atoms with van der Waals surface area (Å²) in [6, 6.07) is 0. The number of nitrogens with zero attached hydrogens (tertiary/aromatic N) is 2. The van der Waals surface area contributed by atoms with Gasteiger partial charge in [-0.2, -0.15) is 0 Å². The molecule has 0 radical (unpaired) electrons. The molecule has 0 N–H and O–H groups in total. The molecular formula is C32H63N2+. The lowest BCUT2D eigenvalue weighted by molar-refractivity contribution is -0.703. The van der Waals surface area contributed by atoms with Gasteiger partial charge in [-0.1, -0.05) is 143 Å². The third-order valence-electron chi connectivity index (χ3n) is 7.56. The molecule has 0 spiro atoms.